The van der Waals surface area contributed by atoms with Gasteiger partial charge < -0.3 is 10.2 Å². The van der Waals surface area contributed by atoms with Gasteiger partial charge in [-0.15, -0.1) is 0 Å². The van der Waals surface area contributed by atoms with Crippen LogP contribution >= 0.6 is 0 Å². The van der Waals surface area contributed by atoms with Gasteiger partial charge in [0.15, 0.2) is 0 Å². The summed E-state index contributed by atoms with van der Waals surface area (Å²) < 4.78 is 0. The van der Waals surface area contributed by atoms with Crippen molar-refractivity contribution >= 4 is 11.8 Å². The number of hydrogen-bond donors (Lipinski definition) is 1. The molecule has 0 radical (unpaired) electrons. The molecule has 0 atom stereocenters. The summed E-state index contributed by atoms with van der Waals surface area (Å²) in [7, 11) is 0. The summed E-state index contributed by atoms with van der Waals surface area (Å²) in [5.41, 5.74) is 4.52. The van der Waals surface area contributed by atoms with Crippen LogP contribution in [0.25, 0.3) is 11.3 Å². The van der Waals surface area contributed by atoms with Gasteiger partial charge >= 0.3 is 0 Å². The second kappa shape index (κ2) is 8.48. The average molecular weight is 346 g/mol. The number of benzene rings is 2. The molecule has 1 N–H and O–H groups in total. The van der Waals surface area contributed by atoms with Crippen LogP contribution in [0.15, 0.2) is 60.7 Å². The molecule has 3 rings (SSSR count). The van der Waals surface area contributed by atoms with Crippen LogP contribution < -0.4 is 10.2 Å². The van der Waals surface area contributed by atoms with Crippen molar-refractivity contribution in [2.75, 3.05) is 23.3 Å². The van der Waals surface area contributed by atoms with Gasteiger partial charge in [-0.25, -0.2) is 4.98 Å². The van der Waals surface area contributed by atoms with Gasteiger partial charge in [0, 0.05) is 31.3 Å². The van der Waals surface area contributed by atoms with E-state index < -0.39 is 0 Å². The Bertz CT molecular complexity index is 842. The van der Waals surface area contributed by atoms with Crippen LogP contribution in [-0.2, 0) is 6.54 Å². The second-order valence-corrected chi connectivity index (χ2v) is 6.32. The van der Waals surface area contributed by atoms with E-state index in [1.54, 1.807) is 0 Å². The molecule has 134 valence electrons. The standard InChI is InChI=1S/C22H26N4/c1-4-26(5-2)21-15-20(19-12-7-6-8-13-19)24-22(25-21)23-16-18-11-9-10-17(3)14-18/h6-15H,4-5,16H2,1-3H3,(H,23,24,25). The van der Waals surface area contributed by atoms with E-state index in [2.05, 4.69) is 73.5 Å². The Balaban J connectivity index is 1.91. The predicted molar refractivity (Wildman–Crippen MR) is 110 cm³/mol. The zero-order chi connectivity index (χ0) is 18.4. The summed E-state index contributed by atoms with van der Waals surface area (Å²) >= 11 is 0. The molecular formula is C22H26N4. The molecule has 0 spiro atoms. The van der Waals surface area contributed by atoms with Crippen molar-refractivity contribution in [3.05, 3.63) is 71.8 Å². The Morgan fingerprint density at radius 3 is 2.35 bits per heavy atom. The molecule has 0 saturated heterocycles. The average Bonchev–Trinajstić information content (AvgIpc) is 2.68. The Hall–Kier alpha value is -2.88. The van der Waals surface area contributed by atoms with Crippen molar-refractivity contribution in [3.63, 3.8) is 0 Å². The van der Waals surface area contributed by atoms with E-state index in [9.17, 15) is 0 Å². The second-order valence-electron chi connectivity index (χ2n) is 6.32. The van der Waals surface area contributed by atoms with Gasteiger partial charge in [-0.05, 0) is 26.3 Å². The van der Waals surface area contributed by atoms with Crippen LogP contribution in [0.2, 0.25) is 0 Å². The van der Waals surface area contributed by atoms with Gasteiger partial charge in [0.2, 0.25) is 5.95 Å². The molecule has 2 aromatic carbocycles. The normalized spacial score (nSPS) is 10.6. The fraction of sp³-hybridized carbons (Fsp3) is 0.273. The van der Waals surface area contributed by atoms with Crippen LogP contribution in [0.5, 0.6) is 0 Å². The number of nitrogens with one attached hydrogen (secondary N) is 1. The quantitative estimate of drug-likeness (QED) is 0.660. The van der Waals surface area contributed by atoms with Gasteiger partial charge in [0.25, 0.3) is 0 Å². The maximum atomic E-state index is 4.74. The fourth-order valence-electron chi connectivity index (χ4n) is 2.98. The monoisotopic (exact) mass is 346 g/mol. The van der Waals surface area contributed by atoms with Crippen LogP contribution in [0.1, 0.15) is 25.0 Å². The maximum absolute atomic E-state index is 4.74. The lowest BCUT2D eigenvalue weighted by Crippen LogP contribution is -2.23. The van der Waals surface area contributed by atoms with E-state index in [1.807, 2.05) is 18.2 Å². The Labute approximate surface area is 155 Å². The molecule has 0 fully saturated rings. The van der Waals surface area contributed by atoms with Gasteiger partial charge in [-0.3, -0.25) is 0 Å². The lowest BCUT2D eigenvalue weighted by atomic mass is 10.1. The van der Waals surface area contributed by atoms with E-state index in [0.717, 1.165) is 30.2 Å². The molecule has 4 heteroatoms. The zero-order valence-corrected chi connectivity index (χ0v) is 15.7. The summed E-state index contributed by atoms with van der Waals surface area (Å²) in [4.78, 5) is 11.7. The smallest absolute Gasteiger partial charge is 0.225 e. The molecule has 0 bridgehead atoms. The van der Waals surface area contributed by atoms with E-state index in [1.165, 1.54) is 11.1 Å². The van der Waals surface area contributed by atoms with Gasteiger partial charge in [0.1, 0.15) is 5.82 Å². The predicted octanol–water partition coefficient (Wildman–Crippen LogP) is 4.91. The molecular weight excluding hydrogens is 320 g/mol. The molecule has 4 nitrogen and oxygen atoms in total. The zero-order valence-electron chi connectivity index (χ0n) is 15.7. The summed E-state index contributed by atoms with van der Waals surface area (Å²) in [5, 5.41) is 3.39. The SMILES string of the molecule is CCN(CC)c1cc(-c2ccccc2)nc(NCc2cccc(C)c2)n1. The molecule has 0 saturated carbocycles. The minimum Gasteiger partial charge on any atom is -0.357 e. The van der Waals surface area contributed by atoms with Gasteiger partial charge in [0.05, 0.1) is 5.69 Å². The molecule has 0 amide bonds. The highest BCUT2D eigenvalue weighted by atomic mass is 15.2. The molecule has 0 unspecified atom stereocenters. The van der Waals surface area contributed by atoms with Crippen LogP contribution in [0.4, 0.5) is 11.8 Å². The van der Waals surface area contributed by atoms with Gasteiger partial charge in [-0.2, -0.15) is 4.98 Å². The molecule has 0 aliphatic heterocycles. The molecule has 1 aromatic heterocycles. The fourth-order valence-corrected chi connectivity index (χ4v) is 2.98. The molecule has 0 aliphatic carbocycles. The summed E-state index contributed by atoms with van der Waals surface area (Å²) in [6, 6.07) is 20.8. The number of anilines is 2. The Morgan fingerprint density at radius 2 is 1.65 bits per heavy atom. The minimum atomic E-state index is 0.662. The van der Waals surface area contributed by atoms with Crippen LogP contribution in [0.3, 0.4) is 0 Å². The van der Waals surface area contributed by atoms with E-state index in [0.29, 0.717) is 12.5 Å². The first-order chi connectivity index (χ1) is 12.7. The van der Waals surface area contributed by atoms with Crippen molar-refractivity contribution in [1.29, 1.82) is 0 Å². The third-order valence-electron chi connectivity index (χ3n) is 4.40. The first-order valence-electron chi connectivity index (χ1n) is 9.18. The molecule has 0 aliphatic rings. The molecule has 1 heterocycles. The largest absolute Gasteiger partial charge is 0.357 e. The van der Waals surface area contributed by atoms with Crippen molar-refractivity contribution in [3.8, 4) is 11.3 Å². The summed E-state index contributed by atoms with van der Waals surface area (Å²) in [6.45, 7) is 8.94. The number of aryl methyl sites for hydroxylation is 1. The topological polar surface area (TPSA) is 41.1 Å². The summed E-state index contributed by atoms with van der Waals surface area (Å²) in [5.74, 6) is 1.62. The Kier molecular flexibility index (Phi) is 5.84. The molecule has 26 heavy (non-hydrogen) atoms. The molecule has 3 aromatic rings. The first-order valence-corrected chi connectivity index (χ1v) is 9.18. The number of aromatic nitrogens is 2. The number of rotatable bonds is 7. The number of hydrogen-bond acceptors (Lipinski definition) is 4. The summed E-state index contributed by atoms with van der Waals surface area (Å²) in [6.07, 6.45) is 0. The van der Waals surface area contributed by atoms with E-state index in [-0.39, 0.29) is 0 Å². The first kappa shape index (κ1) is 17.9. The third kappa shape index (κ3) is 4.39. The maximum Gasteiger partial charge on any atom is 0.225 e. The van der Waals surface area contributed by atoms with Crippen LogP contribution in [-0.4, -0.2) is 23.1 Å². The lowest BCUT2D eigenvalue weighted by Gasteiger charge is -2.21. The lowest BCUT2D eigenvalue weighted by molar-refractivity contribution is 0.841. The highest BCUT2D eigenvalue weighted by Crippen LogP contribution is 2.23. The van der Waals surface area contributed by atoms with Gasteiger partial charge in [-0.1, -0.05) is 60.2 Å². The number of nitrogens with zero attached hydrogens (tertiary/aromatic N) is 3. The highest BCUT2D eigenvalue weighted by molar-refractivity contribution is 5.64. The van der Waals surface area contributed by atoms with E-state index >= 15 is 0 Å². The minimum absolute atomic E-state index is 0.662. The Morgan fingerprint density at radius 1 is 0.885 bits per heavy atom. The van der Waals surface area contributed by atoms with Crippen molar-refractivity contribution in [2.24, 2.45) is 0 Å². The van der Waals surface area contributed by atoms with Crippen molar-refractivity contribution in [2.45, 2.75) is 27.3 Å². The van der Waals surface area contributed by atoms with Crippen LogP contribution in [0, 0.1) is 6.92 Å². The third-order valence-corrected chi connectivity index (χ3v) is 4.40. The highest BCUT2D eigenvalue weighted by Gasteiger charge is 2.10. The van der Waals surface area contributed by atoms with E-state index in [4.69, 9.17) is 9.97 Å². The van der Waals surface area contributed by atoms with Crippen molar-refractivity contribution < 1.29 is 0 Å². The van der Waals surface area contributed by atoms with Crippen molar-refractivity contribution in [1.82, 2.24) is 9.97 Å².